The van der Waals surface area contributed by atoms with Crippen LogP contribution in [0, 0.1) is 0 Å². The number of nitrogens with zero attached hydrogens (tertiary/aromatic N) is 1. The summed E-state index contributed by atoms with van der Waals surface area (Å²) in [4.78, 5) is 14.7. The molecule has 0 aliphatic carbocycles. The lowest BCUT2D eigenvalue weighted by Gasteiger charge is -2.30. The Bertz CT molecular complexity index is 634. The molecule has 0 bridgehead atoms. The Morgan fingerprint density at radius 2 is 1.71 bits per heavy atom. The zero-order valence-corrected chi connectivity index (χ0v) is 11.9. The van der Waals surface area contributed by atoms with E-state index in [-0.39, 0.29) is 5.78 Å². The summed E-state index contributed by atoms with van der Waals surface area (Å²) in [6.07, 6.45) is 0. The van der Waals surface area contributed by atoms with Crippen molar-refractivity contribution in [2.45, 2.75) is 0 Å². The maximum Gasteiger partial charge on any atom is 0.193 e. The molecule has 4 nitrogen and oxygen atoms in total. The van der Waals surface area contributed by atoms with Gasteiger partial charge in [0.05, 0.1) is 11.4 Å². The Balaban J connectivity index is 1.85. The number of rotatable bonds is 3. The third kappa shape index (κ3) is 2.90. The van der Waals surface area contributed by atoms with Crippen molar-refractivity contribution in [2.75, 3.05) is 36.8 Å². The number of nitrogens with one attached hydrogen (secondary N) is 1. The fourth-order valence-corrected chi connectivity index (χ4v) is 2.65. The Hall–Kier alpha value is -2.33. The first-order valence-electron chi connectivity index (χ1n) is 7.20. The van der Waals surface area contributed by atoms with E-state index in [1.54, 1.807) is 6.07 Å². The summed E-state index contributed by atoms with van der Waals surface area (Å²) < 4.78 is 0. The highest BCUT2D eigenvalue weighted by Crippen LogP contribution is 2.25. The normalized spacial score (nSPS) is 15.0. The highest BCUT2D eigenvalue weighted by atomic mass is 16.1. The van der Waals surface area contributed by atoms with Gasteiger partial charge in [-0.15, -0.1) is 0 Å². The van der Waals surface area contributed by atoms with Crippen LogP contribution in [-0.2, 0) is 0 Å². The standard InChI is InChI=1S/C17H19N3O/c18-15-12-14(17(21)13-4-2-1-3-5-13)6-7-16(15)20-10-8-19-9-11-20/h1-7,12,19H,8-11,18H2. The molecule has 108 valence electrons. The van der Waals surface area contributed by atoms with E-state index in [1.165, 1.54) is 0 Å². The van der Waals surface area contributed by atoms with Crippen molar-refractivity contribution < 1.29 is 4.79 Å². The second-order valence-electron chi connectivity index (χ2n) is 5.21. The molecule has 1 aliphatic heterocycles. The SMILES string of the molecule is Nc1cc(C(=O)c2ccccc2)ccc1N1CCNCC1. The first kappa shape index (κ1) is 13.6. The first-order chi connectivity index (χ1) is 10.3. The summed E-state index contributed by atoms with van der Waals surface area (Å²) in [5, 5.41) is 3.32. The molecule has 0 atom stereocenters. The lowest BCUT2D eigenvalue weighted by atomic mass is 10.0. The second-order valence-corrected chi connectivity index (χ2v) is 5.21. The number of nitrogen functional groups attached to an aromatic ring is 1. The van der Waals surface area contributed by atoms with Crippen LogP contribution in [0.15, 0.2) is 48.5 Å². The first-order valence-corrected chi connectivity index (χ1v) is 7.20. The summed E-state index contributed by atoms with van der Waals surface area (Å²) in [6.45, 7) is 3.81. The minimum atomic E-state index is 0.00848. The van der Waals surface area contributed by atoms with Crippen LogP contribution in [-0.4, -0.2) is 32.0 Å². The largest absolute Gasteiger partial charge is 0.397 e. The highest BCUT2D eigenvalue weighted by Gasteiger charge is 2.15. The fraction of sp³-hybridized carbons (Fsp3) is 0.235. The average Bonchev–Trinajstić information content (AvgIpc) is 2.55. The Morgan fingerprint density at radius 3 is 2.38 bits per heavy atom. The van der Waals surface area contributed by atoms with E-state index in [1.807, 2.05) is 42.5 Å². The van der Waals surface area contributed by atoms with Gasteiger partial charge in [-0.2, -0.15) is 0 Å². The molecule has 3 N–H and O–H groups in total. The molecule has 1 aliphatic rings. The van der Waals surface area contributed by atoms with Crippen molar-refractivity contribution in [3.8, 4) is 0 Å². The molecule has 1 fully saturated rings. The highest BCUT2D eigenvalue weighted by molar-refractivity contribution is 6.09. The molecule has 0 amide bonds. The van der Waals surface area contributed by atoms with Gasteiger partial charge in [-0.05, 0) is 18.2 Å². The van der Waals surface area contributed by atoms with Gasteiger partial charge in [-0.3, -0.25) is 4.79 Å². The summed E-state index contributed by atoms with van der Waals surface area (Å²) >= 11 is 0. The maximum absolute atomic E-state index is 12.4. The minimum Gasteiger partial charge on any atom is -0.397 e. The van der Waals surface area contributed by atoms with Crippen LogP contribution in [0.4, 0.5) is 11.4 Å². The van der Waals surface area contributed by atoms with Gasteiger partial charge >= 0.3 is 0 Å². The lowest BCUT2D eigenvalue weighted by Crippen LogP contribution is -2.43. The molecular formula is C17H19N3O. The molecule has 0 aromatic heterocycles. The van der Waals surface area contributed by atoms with Gasteiger partial charge in [-0.25, -0.2) is 0 Å². The average molecular weight is 281 g/mol. The van der Waals surface area contributed by atoms with E-state index < -0.39 is 0 Å². The van der Waals surface area contributed by atoms with E-state index >= 15 is 0 Å². The van der Waals surface area contributed by atoms with Crippen LogP contribution < -0.4 is 16.0 Å². The number of anilines is 2. The van der Waals surface area contributed by atoms with Crippen LogP contribution in [0.2, 0.25) is 0 Å². The van der Waals surface area contributed by atoms with E-state index in [2.05, 4.69) is 10.2 Å². The number of carbonyl (C=O) groups is 1. The monoisotopic (exact) mass is 281 g/mol. The molecule has 3 rings (SSSR count). The molecule has 0 saturated carbocycles. The number of benzene rings is 2. The quantitative estimate of drug-likeness (QED) is 0.666. The maximum atomic E-state index is 12.4. The van der Waals surface area contributed by atoms with Gasteiger partial charge in [-0.1, -0.05) is 30.3 Å². The van der Waals surface area contributed by atoms with Crippen LogP contribution in [0.5, 0.6) is 0 Å². The Labute approximate surface area is 124 Å². The number of piperazine rings is 1. The number of ketones is 1. The summed E-state index contributed by atoms with van der Waals surface area (Å²) in [5.41, 5.74) is 9.16. The second kappa shape index (κ2) is 5.97. The topological polar surface area (TPSA) is 58.4 Å². The summed E-state index contributed by atoms with van der Waals surface area (Å²) in [7, 11) is 0. The van der Waals surface area contributed by atoms with Crippen LogP contribution in [0.25, 0.3) is 0 Å². The van der Waals surface area contributed by atoms with Crippen LogP contribution >= 0.6 is 0 Å². The fourth-order valence-electron chi connectivity index (χ4n) is 2.65. The third-order valence-electron chi connectivity index (χ3n) is 3.78. The number of nitrogens with two attached hydrogens (primary N) is 1. The van der Waals surface area contributed by atoms with Gasteiger partial charge in [0.2, 0.25) is 0 Å². The van der Waals surface area contributed by atoms with Gasteiger partial charge in [0.15, 0.2) is 5.78 Å². The third-order valence-corrected chi connectivity index (χ3v) is 3.78. The lowest BCUT2D eigenvalue weighted by molar-refractivity contribution is 0.103. The van der Waals surface area contributed by atoms with Crippen molar-refractivity contribution in [1.82, 2.24) is 5.32 Å². The molecule has 2 aromatic carbocycles. The summed E-state index contributed by atoms with van der Waals surface area (Å²) in [6, 6.07) is 14.9. The van der Waals surface area contributed by atoms with Crippen molar-refractivity contribution in [3.05, 3.63) is 59.7 Å². The van der Waals surface area contributed by atoms with E-state index in [0.29, 0.717) is 16.8 Å². The molecule has 1 heterocycles. The van der Waals surface area contributed by atoms with E-state index in [4.69, 9.17) is 5.73 Å². The van der Waals surface area contributed by atoms with Gasteiger partial charge in [0.25, 0.3) is 0 Å². The Kier molecular flexibility index (Phi) is 3.88. The molecule has 0 spiro atoms. The van der Waals surface area contributed by atoms with Gasteiger partial charge in [0.1, 0.15) is 0 Å². The van der Waals surface area contributed by atoms with Crippen LogP contribution in [0.1, 0.15) is 15.9 Å². The Morgan fingerprint density at radius 1 is 1.00 bits per heavy atom. The molecule has 0 radical (unpaired) electrons. The van der Waals surface area contributed by atoms with Crippen molar-refractivity contribution in [1.29, 1.82) is 0 Å². The summed E-state index contributed by atoms with van der Waals surface area (Å²) in [5.74, 6) is 0.00848. The predicted octanol–water partition coefficient (Wildman–Crippen LogP) is 1.91. The number of hydrogen-bond donors (Lipinski definition) is 2. The molecule has 0 unspecified atom stereocenters. The van der Waals surface area contributed by atoms with Gasteiger partial charge in [0, 0.05) is 37.3 Å². The zero-order chi connectivity index (χ0) is 14.7. The van der Waals surface area contributed by atoms with Crippen molar-refractivity contribution >= 4 is 17.2 Å². The minimum absolute atomic E-state index is 0.00848. The number of carbonyl (C=O) groups excluding carboxylic acids is 1. The van der Waals surface area contributed by atoms with Gasteiger partial charge < -0.3 is 16.0 Å². The molecule has 1 saturated heterocycles. The smallest absolute Gasteiger partial charge is 0.193 e. The molecule has 4 heteroatoms. The predicted molar refractivity (Wildman–Crippen MR) is 85.8 cm³/mol. The van der Waals surface area contributed by atoms with E-state index in [9.17, 15) is 4.79 Å². The molecule has 21 heavy (non-hydrogen) atoms. The molecule has 2 aromatic rings. The van der Waals surface area contributed by atoms with E-state index in [0.717, 1.165) is 31.9 Å². The van der Waals surface area contributed by atoms with Crippen LogP contribution in [0.3, 0.4) is 0 Å². The number of hydrogen-bond acceptors (Lipinski definition) is 4. The van der Waals surface area contributed by atoms with Crippen molar-refractivity contribution in [2.24, 2.45) is 0 Å². The van der Waals surface area contributed by atoms with Crippen molar-refractivity contribution in [3.63, 3.8) is 0 Å². The zero-order valence-electron chi connectivity index (χ0n) is 11.9. The molecular weight excluding hydrogens is 262 g/mol.